The lowest BCUT2D eigenvalue weighted by atomic mass is 10.1. The number of carbonyl (C=O) groups excluding carboxylic acids is 1. The van der Waals surface area contributed by atoms with Gasteiger partial charge in [-0.1, -0.05) is 6.07 Å². The van der Waals surface area contributed by atoms with Crippen molar-refractivity contribution in [2.45, 2.75) is 0 Å². The third-order valence-electron chi connectivity index (χ3n) is 2.61. The van der Waals surface area contributed by atoms with Crippen LogP contribution in [0.2, 0.25) is 0 Å². The summed E-state index contributed by atoms with van der Waals surface area (Å²) < 4.78 is 10.9. The monoisotopic (exact) mass is 236 g/mol. The minimum atomic E-state index is -0.0993. The SMILES string of the molecule is CN(CCN)C(=O)c1cccc2c1OCCO2. The highest BCUT2D eigenvalue weighted by Crippen LogP contribution is 2.33. The standard InChI is InChI=1S/C12H16N2O3/c1-14(6-5-13)12(15)9-3-2-4-10-11(9)17-8-7-16-10/h2-4H,5-8,13H2,1H3. The van der Waals surface area contributed by atoms with Crippen molar-refractivity contribution < 1.29 is 14.3 Å². The average Bonchev–Trinajstić information content (AvgIpc) is 2.37. The van der Waals surface area contributed by atoms with Gasteiger partial charge in [-0.05, 0) is 12.1 Å². The summed E-state index contributed by atoms with van der Waals surface area (Å²) in [6.07, 6.45) is 0. The zero-order valence-corrected chi connectivity index (χ0v) is 9.81. The summed E-state index contributed by atoms with van der Waals surface area (Å²) in [4.78, 5) is 13.7. The second kappa shape index (κ2) is 5.05. The van der Waals surface area contributed by atoms with Crippen molar-refractivity contribution in [2.24, 2.45) is 5.73 Å². The normalized spacial score (nSPS) is 13.3. The van der Waals surface area contributed by atoms with E-state index in [0.717, 1.165) is 0 Å². The molecule has 0 spiro atoms. The third kappa shape index (κ3) is 2.34. The van der Waals surface area contributed by atoms with E-state index in [2.05, 4.69) is 0 Å². The molecule has 0 saturated heterocycles. The van der Waals surface area contributed by atoms with E-state index in [4.69, 9.17) is 15.2 Å². The Bertz CT molecular complexity index is 420. The maximum absolute atomic E-state index is 12.1. The predicted octanol–water partition coefficient (Wildman–Crippen LogP) is 0.488. The summed E-state index contributed by atoms with van der Waals surface area (Å²) >= 11 is 0. The van der Waals surface area contributed by atoms with E-state index in [1.54, 1.807) is 30.1 Å². The lowest BCUT2D eigenvalue weighted by molar-refractivity contribution is 0.0788. The van der Waals surface area contributed by atoms with Crippen molar-refractivity contribution in [3.8, 4) is 11.5 Å². The summed E-state index contributed by atoms with van der Waals surface area (Å²) in [6.45, 7) is 1.94. The molecule has 17 heavy (non-hydrogen) atoms. The van der Waals surface area contributed by atoms with E-state index in [-0.39, 0.29) is 5.91 Å². The number of hydrogen-bond acceptors (Lipinski definition) is 4. The number of carbonyl (C=O) groups is 1. The number of amides is 1. The molecule has 1 aliphatic heterocycles. The molecule has 1 aromatic carbocycles. The Kier molecular flexibility index (Phi) is 3.49. The lowest BCUT2D eigenvalue weighted by Crippen LogP contribution is -2.32. The topological polar surface area (TPSA) is 64.8 Å². The molecule has 1 aromatic rings. The summed E-state index contributed by atoms with van der Waals surface area (Å²) in [6, 6.07) is 5.33. The van der Waals surface area contributed by atoms with Gasteiger partial charge in [-0.2, -0.15) is 0 Å². The zero-order chi connectivity index (χ0) is 12.3. The van der Waals surface area contributed by atoms with Gasteiger partial charge in [0.1, 0.15) is 13.2 Å². The van der Waals surface area contributed by atoms with Gasteiger partial charge in [-0.25, -0.2) is 0 Å². The van der Waals surface area contributed by atoms with Crippen LogP contribution in [0.5, 0.6) is 11.5 Å². The largest absolute Gasteiger partial charge is 0.486 e. The number of para-hydroxylation sites is 1. The number of rotatable bonds is 3. The average molecular weight is 236 g/mol. The zero-order valence-electron chi connectivity index (χ0n) is 9.81. The van der Waals surface area contributed by atoms with Crippen LogP contribution < -0.4 is 15.2 Å². The molecule has 1 aliphatic rings. The van der Waals surface area contributed by atoms with Crippen LogP contribution in [0.1, 0.15) is 10.4 Å². The van der Waals surface area contributed by atoms with E-state index in [1.807, 2.05) is 0 Å². The van der Waals surface area contributed by atoms with Crippen molar-refractivity contribution in [3.05, 3.63) is 23.8 Å². The maximum atomic E-state index is 12.1. The highest BCUT2D eigenvalue weighted by atomic mass is 16.6. The number of ether oxygens (including phenoxy) is 2. The summed E-state index contributed by atoms with van der Waals surface area (Å²) in [5.74, 6) is 1.06. The van der Waals surface area contributed by atoms with E-state index in [1.165, 1.54) is 0 Å². The van der Waals surface area contributed by atoms with Crippen LogP contribution >= 0.6 is 0 Å². The fourth-order valence-electron chi connectivity index (χ4n) is 1.74. The molecule has 5 nitrogen and oxygen atoms in total. The van der Waals surface area contributed by atoms with Gasteiger partial charge in [0, 0.05) is 20.1 Å². The maximum Gasteiger partial charge on any atom is 0.257 e. The minimum absolute atomic E-state index is 0.0993. The Morgan fingerprint density at radius 3 is 2.94 bits per heavy atom. The molecule has 5 heteroatoms. The highest BCUT2D eigenvalue weighted by molar-refractivity contribution is 5.97. The molecule has 0 unspecified atom stereocenters. The molecule has 0 aromatic heterocycles. The van der Waals surface area contributed by atoms with Crippen LogP contribution in [-0.2, 0) is 0 Å². The molecule has 0 fully saturated rings. The van der Waals surface area contributed by atoms with Crippen LogP contribution in [0.3, 0.4) is 0 Å². The quantitative estimate of drug-likeness (QED) is 0.829. The van der Waals surface area contributed by atoms with Gasteiger partial charge >= 0.3 is 0 Å². The first kappa shape index (κ1) is 11.7. The van der Waals surface area contributed by atoms with Crippen molar-refractivity contribution >= 4 is 5.91 Å². The van der Waals surface area contributed by atoms with Gasteiger partial charge in [0.15, 0.2) is 11.5 Å². The van der Waals surface area contributed by atoms with Crippen LogP contribution in [0.4, 0.5) is 0 Å². The van der Waals surface area contributed by atoms with Crippen molar-refractivity contribution in [1.29, 1.82) is 0 Å². The number of fused-ring (bicyclic) bond motifs is 1. The number of likely N-dealkylation sites (N-methyl/N-ethyl adjacent to an activating group) is 1. The minimum Gasteiger partial charge on any atom is -0.486 e. The van der Waals surface area contributed by atoms with Gasteiger partial charge in [0.05, 0.1) is 5.56 Å². The Morgan fingerprint density at radius 1 is 1.41 bits per heavy atom. The van der Waals surface area contributed by atoms with E-state index >= 15 is 0 Å². The Labute approximate surface area is 100 Å². The van der Waals surface area contributed by atoms with Crippen LogP contribution in [0.25, 0.3) is 0 Å². The van der Waals surface area contributed by atoms with Crippen LogP contribution in [0, 0.1) is 0 Å². The lowest BCUT2D eigenvalue weighted by Gasteiger charge is -2.23. The van der Waals surface area contributed by atoms with Crippen LogP contribution in [-0.4, -0.2) is 44.2 Å². The summed E-state index contributed by atoms with van der Waals surface area (Å²) in [5, 5.41) is 0. The highest BCUT2D eigenvalue weighted by Gasteiger charge is 2.22. The molecular weight excluding hydrogens is 220 g/mol. The molecule has 0 saturated carbocycles. The predicted molar refractivity (Wildman–Crippen MR) is 63.4 cm³/mol. The number of hydrogen-bond donors (Lipinski definition) is 1. The number of benzene rings is 1. The van der Waals surface area contributed by atoms with Gasteiger partial charge < -0.3 is 20.1 Å². The first-order valence-corrected chi connectivity index (χ1v) is 5.58. The smallest absolute Gasteiger partial charge is 0.257 e. The van der Waals surface area contributed by atoms with Gasteiger partial charge in [-0.15, -0.1) is 0 Å². The Hall–Kier alpha value is -1.75. The number of nitrogens with two attached hydrogens (primary N) is 1. The molecule has 0 bridgehead atoms. The first-order valence-electron chi connectivity index (χ1n) is 5.58. The van der Waals surface area contributed by atoms with Gasteiger partial charge in [0.2, 0.25) is 0 Å². The van der Waals surface area contributed by atoms with E-state index < -0.39 is 0 Å². The summed E-state index contributed by atoms with van der Waals surface area (Å²) in [7, 11) is 1.72. The summed E-state index contributed by atoms with van der Waals surface area (Å²) in [5.41, 5.74) is 5.96. The Balaban J connectivity index is 2.29. The van der Waals surface area contributed by atoms with Crippen molar-refractivity contribution in [2.75, 3.05) is 33.4 Å². The molecule has 0 aliphatic carbocycles. The van der Waals surface area contributed by atoms with E-state index in [0.29, 0.717) is 43.4 Å². The second-order valence-electron chi connectivity index (χ2n) is 3.85. The molecule has 2 N–H and O–H groups in total. The Morgan fingerprint density at radius 2 is 2.18 bits per heavy atom. The van der Waals surface area contributed by atoms with E-state index in [9.17, 15) is 4.79 Å². The van der Waals surface area contributed by atoms with Crippen molar-refractivity contribution in [3.63, 3.8) is 0 Å². The van der Waals surface area contributed by atoms with Crippen molar-refractivity contribution in [1.82, 2.24) is 4.90 Å². The molecule has 0 radical (unpaired) electrons. The molecular formula is C12H16N2O3. The fraction of sp³-hybridized carbons (Fsp3) is 0.417. The molecule has 2 rings (SSSR count). The third-order valence-corrected chi connectivity index (χ3v) is 2.61. The molecule has 0 atom stereocenters. The van der Waals surface area contributed by atoms with Gasteiger partial charge in [-0.3, -0.25) is 4.79 Å². The first-order chi connectivity index (χ1) is 8.24. The fourth-order valence-corrected chi connectivity index (χ4v) is 1.74. The van der Waals surface area contributed by atoms with Gasteiger partial charge in [0.25, 0.3) is 5.91 Å². The molecule has 1 amide bonds. The molecule has 92 valence electrons. The molecule has 1 heterocycles. The number of nitrogens with zero attached hydrogens (tertiary/aromatic N) is 1. The second-order valence-corrected chi connectivity index (χ2v) is 3.85. The van der Waals surface area contributed by atoms with Crippen LogP contribution in [0.15, 0.2) is 18.2 Å².